The second-order valence-electron chi connectivity index (χ2n) is 8.55. The number of benzene rings is 1. The molecule has 186 valence electrons. The van der Waals surface area contributed by atoms with E-state index in [2.05, 4.69) is 27.1 Å². The van der Waals surface area contributed by atoms with Gasteiger partial charge in [-0.2, -0.15) is 0 Å². The summed E-state index contributed by atoms with van der Waals surface area (Å²) in [6.07, 6.45) is 2.61. The number of para-hydroxylation sites is 1. The van der Waals surface area contributed by atoms with Gasteiger partial charge in [0.05, 0.1) is 19.5 Å². The molecule has 4 rings (SSSR count). The maximum Gasteiger partial charge on any atom is 0.238 e. The summed E-state index contributed by atoms with van der Waals surface area (Å²) in [6.45, 7) is 6.39. The summed E-state index contributed by atoms with van der Waals surface area (Å²) in [6, 6.07) is 11.5. The molecule has 0 bridgehead atoms. The number of piperazine rings is 1. The van der Waals surface area contributed by atoms with Crippen molar-refractivity contribution in [1.82, 2.24) is 24.1 Å². The number of anilines is 1. The lowest BCUT2D eigenvalue weighted by atomic mass is 10.1. The molecule has 3 N–H and O–H groups in total. The maximum atomic E-state index is 12.6. The summed E-state index contributed by atoms with van der Waals surface area (Å²) in [7, 11) is 0. The first-order chi connectivity index (χ1) is 16.9. The van der Waals surface area contributed by atoms with Crippen LogP contribution in [0.25, 0.3) is 11.6 Å². The van der Waals surface area contributed by atoms with Crippen LogP contribution in [0.15, 0.2) is 47.1 Å². The van der Waals surface area contributed by atoms with Gasteiger partial charge in [0, 0.05) is 44.8 Å². The Labute approximate surface area is 209 Å². The Balaban J connectivity index is 1.34. The number of amides is 2. The van der Waals surface area contributed by atoms with E-state index >= 15 is 0 Å². The molecule has 1 aliphatic rings. The van der Waals surface area contributed by atoms with Crippen molar-refractivity contribution in [2.45, 2.75) is 33.0 Å². The Morgan fingerprint density at radius 2 is 1.86 bits per heavy atom. The van der Waals surface area contributed by atoms with Crippen LogP contribution in [0, 0.1) is 4.77 Å². The summed E-state index contributed by atoms with van der Waals surface area (Å²) in [5.41, 5.74) is 7.35. The summed E-state index contributed by atoms with van der Waals surface area (Å²) < 4.78 is 9.56. The average molecular weight is 498 g/mol. The molecule has 0 radical (unpaired) electrons. The largest absolute Gasteiger partial charge is 0.461 e. The molecule has 35 heavy (non-hydrogen) atoms. The van der Waals surface area contributed by atoms with E-state index < -0.39 is 5.91 Å². The van der Waals surface area contributed by atoms with Gasteiger partial charge < -0.3 is 15.5 Å². The zero-order chi connectivity index (χ0) is 24.8. The van der Waals surface area contributed by atoms with Crippen molar-refractivity contribution in [3.05, 3.63) is 53.0 Å². The topological polar surface area (TPSA) is 115 Å². The third-order valence-electron chi connectivity index (χ3n) is 6.08. The molecular formula is C24H31N7O3S. The Hall–Kier alpha value is -3.28. The lowest BCUT2D eigenvalue weighted by molar-refractivity contribution is -0.118. The molecule has 0 unspecified atom stereocenters. The number of aromatic nitrogens is 3. The molecule has 10 nitrogen and oxygen atoms in total. The maximum absolute atomic E-state index is 12.6. The molecule has 11 heteroatoms. The molecule has 0 atom stereocenters. The SMILES string of the molecule is CCc1ccccc1NC(=O)CN1CCN(Cn2nc(-c3ccco3)n(CCC(N)=O)c2=S)CC1. The molecule has 1 fully saturated rings. The Kier molecular flexibility index (Phi) is 8.11. The number of furan rings is 1. The normalized spacial score (nSPS) is 14.8. The van der Waals surface area contributed by atoms with E-state index in [0.29, 0.717) is 36.1 Å². The first-order valence-corrected chi connectivity index (χ1v) is 12.2. The summed E-state index contributed by atoms with van der Waals surface area (Å²) in [5, 5.41) is 7.71. The molecule has 1 aliphatic heterocycles. The monoisotopic (exact) mass is 497 g/mol. The number of hydrogen-bond donors (Lipinski definition) is 2. The fourth-order valence-corrected chi connectivity index (χ4v) is 4.44. The van der Waals surface area contributed by atoms with Gasteiger partial charge in [-0.15, -0.1) is 5.10 Å². The minimum Gasteiger partial charge on any atom is -0.461 e. The van der Waals surface area contributed by atoms with E-state index in [0.717, 1.165) is 43.9 Å². The summed E-state index contributed by atoms with van der Waals surface area (Å²) >= 11 is 5.65. The molecule has 3 heterocycles. The van der Waals surface area contributed by atoms with Crippen LogP contribution in [0.2, 0.25) is 0 Å². The van der Waals surface area contributed by atoms with Crippen LogP contribution in [0.1, 0.15) is 18.9 Å². The van der Waals surface area contributed by atoms with E-state index in [1.165, 1.54) is 0 Å². The van der Waals surface area contributed by atoms with Crippen LogP contribution in [-0.2, 0) is 29.2 Å². The number of nitrogens with zero attached hydrogens (tertiary/aromatic N) is 5. The molecule has 1 aromatic carbocycles. The van der Waals surface area contributed by atoms with Crippen LogP contribution in [0.4, 0.5) is 5.69 Å². The van der Waals surface area contributed by atoms with Gasteiger partial charge in [-0.3, -0.25) is 24.0 Å². The zero-order valence-corrected chi connectivity index (χ0v) is 20.7. The predicted octanol–water partition coefficient (Wildman–Crippen LogP) is 2.33. The van der Waals surface area contributed by atoms with Gasteiger partial charge in [0.1, 0.15) is 0 Å². The van der Waals surface area contributed by atoms with Crippen LogP contribution < -0.4 is 11.1 Å². The van der Waals surface area contributed by atoms with Crippen molar-refractivity contribution in [3.8, 4) is 11.6 Å². The smallest absolute Gasteiger partial charge is 0.238 e. The zero-order valence-electron chi connectivity index (χ0n) is 19.9. The van der Waals surface area contributed by atoms with E-state index in [1.807, 2.05) is 30.3 Å². The molecule has 2 aromatic heterocycles. The van der Waals surface area contributed by atoms with E-state index in [-0.39, 0.29) is 12.3 Å². The van der Waals surface area contributed by atoms with Gasteiger partial charge in [-0.05, 0) is 42.4 Å². The third-order valence-corrected chi connectivity index (χ3v) is 6.52. The highest BCUT2D eigenvalue weighted by Gasteiger charge is 2.22. The van der Waals surface area contributed by atoms with Crippen molar-refractivity contribution >= 4 is 29.7 Å². The van der Waals surface area contributed by atoms with Gasteiger partial charge >= 0.3 is 0 Å². The third kappa shape index (κ3) is 6.24. The second-order valence-corrected chi connectivity index (χ2v) is 8.91. The van der Waals surface area contributed by atoms with E-state index in [4.69, 9.17) is 22.4 Å². The summed E-state index contributed by atoms with van der Waals surface area (Å²) in [4.78, 5) is 28.3. The number of hydrogen-bond acceptors (Lipinski definition) is 7. The molecule has 0 aliphatic carbocycles. The lowest BCUT2D eigenvalue weighted by Crippen LogP contribution is -2.49. The van der Waals surface area contributed by atoms with Gasteiger partial charge in [-0.1, -0.05) is 25.1 Å². The fourth-order valence-electron chi connectivity index (χ4n) is 4.17. The molecule has 3 aromatic rings. The number of nitrogens with two attached hydrogens (primary N) is 1. The van der Waals surface area contributed by atoms with Crippen LogP contribution in [-0.4, -0.2) is 68.7 Å². The van der Waals surface area contributed by atoms with Crippen LogP contribution in [0.3, 0.4) is 0 Å². The highest BCUT2D eigenvalue weighted by Crippen LogP contribution is 2.20. The average Bonchev–Trinajstić information content (AvgIpc) is 3.48. The Morgan fingerprint density at radius 3 is 2.54 bits per heavy atom. The molecule has 1 saturated heterocycles. The first kappa shape index (κ1) is 24.8. The Morgan fingerprint density at radius 1 is 1.11 bits per heavy atom. The quantitative estimate of drug-likeness (QED) is 0.413. The van der Waals surface area contributed by atoms with Crippen molar-refractivity contribution in [3.63, 3.8) is 0 Å². The fraction of sp³-hybridized carbons (Fsp3) is 0.417. The lowest BCUT2D eigenvalue weighted by Gasteiger charge is -2.34. The highest BCUT2D eigenvalue weighted by atomic mass is 32.1. The predicted molar refractivity (Wildman–Crippen MR) is 135 cm³/mol. The van der Waals surface area contributed by atoms with Crippen molar-refractivity contribution < 1.29 is 14.0 Å². The standard InChI is InChI=1S/C24H31N7O3S/c1-2-18-6-3-4-7-19(18)26-22(33)16-28-11-13-29(14-12-28)17-31-24(35)30(10-9-21(25)32)23(27-31)20-8-5-15-34-20/h3-8,15H,2,9-14,16-17H2,1H3,(H2,25,32)(H,26,33). The number of carbonyl (C=O) groups is 2. The van der Waals surface area contributed by atoms with E-state index in [9.17, 15) is 9.59 Å². The number of nitrogens with one attached hydrogen (secondary N) is 1. The molecule has 2 amide bonds. The summed E-state index contributed by atoms with van der Waals surface area (Å²) in [5.74, 6) is 0.755. The minimum atomic E-state index is -0.400. The molecule has 0 saturated carbocycles. The van der Waals surface area contributed by atoms with Gasteiger partial charge in [-0.25, -0.2) is 4.68 Å². The molecular weight excluding hydrogens is 466 g/mol. The van der Waals surface area contributed by atoms with Crippen LogP contribution in [0.5, 0.6) is 0 Å². The number of rotatable bonds is 10. The second kappa shape index (κ2) is 11.4. The van der Waals surface area contributed by atoms with Gasteiger partial charge in [0.15, 0.2) is 16.4 Å². The molecule has 0 spiro atoms. The van der Waals surface area contributed by atoms with Crippen molar-refractivity contribution in [2.24, 2.45) is 5.73 Å². The Bertz CT molecular complexity index is 1210. The van der Waals surface area contributed by atoms with Crippen LogP contribution >= 0.6 is 12.2 Å². The number of primary amides is 1. The van der Waals surface area contributed by atoms with Gasteiger partial charge in [0.25, 0.3) is 0 Å². The number of aryl methyl sites for hydroxylation is 1. The minimum absolute atomic E-state index is 0.00199. The van der Waals surface area contributed by atoms with Crippen molar-refractivity contribution in [2.75, 3.05) is 38.0 Å². The highest BCUT2D eigenvalue weighted by molar-refractivity contribution is 7.71. The van der Waals surface area contributed by atoms with Gasteiger partial charge in [0.2, 0.25) is 11.8 Å². The van der Waals surface area contributed by atoms with Crippen molar-refractivity contribution in [1.29, 1.82) is 0 Å². The van der Waals surface area contributed by atoms with E-state index in [1.54, 1.807) is 21.6 Å². The first-order valence-electron chi connectivity index (χ1n) is 11.8. The number of carbonyl (C=O) groups excluding carboxylic acids is 2.